The second-order valence-electron chi connectivity index (χ2n) is 6.16. The first kappa shape index (κ1) is 17.1. The number of halogens is 1. The van der Waals surface area contributed by atoms with Crippen molar-refractivity contribution in [2.75, 3.05) is 31.1 Å². The van der Waals surface area contributed by atoms with Gasteiger partial charge >= 0.3 is 0 Å². The molecule has 6 nitrogen and oxygen atoms in total. The van der Waals surface area contributed by atoms with E-state index in [9.17, 15) is 9.59 Å². The molecule has 1 aliphatic heterocycles. The Kier molecular flexibility index (Phi) is 4.65. The van der Waals surface area contributed by atoms with Gasteiger partial charge < -0.3 is 9.80 Å². The molecule has 0 bridgehead atoms. The van der Waals surface area contributed by atoms with E-state index in [-0.39, 0.29) is 18.0 Å². The summed E-state index contributed by atoms with van der Waals surface area (Å²) in [6, 6.07) is 9.47. The van der Waals surface area contributed by atoms with E-state index in [1.807, 2.05) is 29.6 Å². The average molecular weight is 389 g/mol. The minimum Gasteiger partial charge on any atom is -0.368 e. The molecule has 0 atom stereocenters. The van der Waals surface area contributed by atoms with E-state index in [1.54, 1.807) is 11.0 Å². The molecule has 0 unspecified atom stereocenters. The van der Waals surface area contributed by atoms with Crippen LogP contribution < -0.4 is 10.5 Å². The summed E-state index contributed by atoms with van der Waals surface area (Å²) < 4.78 is 1.39. The molecule has 8 heteroatoms. The molecule has 1 saturated heterocycles. The lowest BCUT2D eigenvalue weighted by atomic mass is 10.2. The van der Waals surface area contributed by atoms with Crippen molar-refractivity contribution in [3.05, 3.63) is 57.4 Å². The number of rotatable bonds is 3. The maximum absolute atomic E-state index is 12.6. The number of hydrogen-bond acceptors (Lipinski definition) is 5. The molecule has 3 aromatic rings. The predicted molar refractivity (Wildman–Crippen MR) is 104 cm³/mol. The summed E-state index contributed by atoms with van der Waals surface area (Å²) in [6.45, 7) is 2.74. The fraction of sp³-hybridized carbons (Fsp3) is 0.278. The maximum atomic E-state index is 12.6. The molecular formula is C18H17ClN4O2S. The number of carbonyl (C=O) groups is 1. The van der Waals surface area contributed by atoms with Crippen LogP contribution in [0.4, 0.5) is 5.69 Å². The average Bonchev–Trinajstić information content (AvgIpc) is 3.14. The lowest BCUT2D eigenvalue weighted by Crippen LogP contribution is -2.50. The van der Waals surface area contributed by atoms with Gasteiger partial charge in [-0.25, -0.2) is 4.98 Å². The van der Waals surface area contributed by atoms with Gasteiger partial charge in [0.1, 0.15) is 11.4 Å². The van der Waals surface area contributed by atoms with Crippen LogP contribution in [-0.4, -0.2) is 46.5 Å². The number of piperazine rings is 1. The lowest BCUT2D eigenvalue weighted by Gasteiger charge is -2.36. The van der Waals surface area contributed by atoms with Crippen LogP contribution in [0.3, 0.4) is 0 Å². The Bertz CT molecular complexity index is 1010. The number of benzene rings is 1. The van der Waals surface area contributed by atoms with Gasteiger partial charge in [-0.1, -0.05) is 17.7 Å². The number of carbonyl (C=O) groups excluding carboxylic acids is 1. The van der Waals surface area contributed by atoms with E-state index >= 15 is 0 Å². The predicted octanol–water partition coefficient (Wildman–Crippen LogP) is 2.46. The van der Waals surface area contributed by atoms with Crippen LogP contribution in [0.5, 0.6) is 0 Å². The van der Waals surface area contributed by atoms with Gasteiger partial charge in [0.25, 0.3) is 5.56 Å². The summed E-state index contributed by atoms with van der Waals surface area (Å²) in [5.41, 5.74) is 0.898. The largest absolute Gasteiger partial charge is 0.368 e. The number of anilines is 1. The summed E-state index contributed by atoms with van der Waals surface area (Å²) in [7, 11) is 0. The van der Waals surface area contributed by atoms with Gasteiger partial charge in [0, 0.05) is 36.9 Å². The Morgan fingerprint density at radius 2 is 2.00 bits per heavy atom. The van der Waals surface area contributed by atoms with E-state index in [4.69, 9.17) is 11.6 Å². The van der Waals surface area contributed by atoms with Crippen LogP contribution in [0.1, 0.15) is 0 Å². The van der Waals surface area contributed by atoms with Crippen molar-refractivity contribution in [2.45, 2.75) is 6.54 Å². The molecule has 1 aliphatic rings. The maximum Gasteiger partial charge on any atom is 0.262 e. The third kappa shape index (κ3) is 3.32. The molecule has 0 radical (unpaired) electrons. The summed E-state index contributed by atoms with van der Waals surface area (Å²) in [6.07, 6.45) is 1.46. The Hall–Kier alpha value is -2.38. The van der Waals surface area contributed by atoms with Crippen molar-refractivity contribution >= 4 is 44.7 Å². The highest BCUT2D eigenvalue weighted by atomic mass is 35.5. The molecule has 1 fully saturated rings. The quantitative estimate of drug-likeness (QED) is 0.691. The number of nitrogens with zero attached hydrogens (tertiary/aromatic N) is 4. The molecular weight excluding hydrogens is 372 g/mol. The van der Waals surface area contributed by atoms with Gasteiger partial charge in [-0.3, -0.25) is 14.2 Å². The van der Waals surface area contributed by atoms with Crippen molar-refractivity contribution in [1.29, 1.82) is 0 Å². The summed E-state index contributed by atoms with van der Waals surface area (Å²) >= 11 is 7.47. The van der Waals surface area contributed by atoms with Gasteiger partial charge in [-0.15, -0.1) is 11.3 Å². The van der Waals surface area contributed by atoms with Crippen LogP contribution in [-0.2, 0) is 11.3 Å². The highest BCUT2D eigenvalue weighted by Crippen LogP contribution is 2.21. The number of thiophene rings is 1. The summed E-state index contributed by atoms with van der Waals surface area (Å²) in [5.74, 6) is -0.0609. The highest BCUT2D eigenvalue weighted by molar-refractivity contribution is 7.16. The molecule has 1 aromatic carbocycles. The van der Waals surface area contributed by atoms with E-state index in [0.29, 0.717) is 28.3 Å². The molecule has 0 saturated carbocycles. The molecule has 26 heavy (non-hydrogen) atoms. The fourth-order valence-corrected chi connectivity index (χ4v) is 4.05. The van der Waals surface area contributed by atoms with Gasteiger partial charge in [0.15, 0.2) is 0 Å². The van der Waals surface area contributed by atoms with Crippen LogP contribution in [0.15, 0.2) is 46.8 Å². The van der Waals surface area contributed by atoms with Gasteiger partial charge in [0.2, 0.25) is 5.91 Å². The van der Waals surface area contributed by atoms with Crippen LogP contribution in [0, 0.1) is 0 Å². The minimum absolute atomic E-state index is 0.0226. The van der Waals surface area contributed by atoms with Crippen molar-refractivity contribution in [1.82, 2.24) is 14.5 Å². The molecule has 1 amide bonds. The van der Waals surface area contributed by atoms with Gasteiger partial charge in [0.05, 0.1) is 11.7 Å². The lowest BCUT2D eigenvalue weighted by molar-refractivity contribution is -0.132. The molecule has 3 heterocycles. The molecule has 0 aliphatic carbocycles. The molecule has 0 N–H and O–H groups in total. The number of hydrogen-bond donors (Lipinski definition) is 0. The third-order valence-electron chi connectivity index (χ3n) is 4.56. The zero-order valence-electron chi connectivity index (χ0n) is 14.0. The first-order chi connectivity index (χ1) is 12.6. The standard InChI is InChI=1S/C18H17ClN4O2S/c19-13-2-1-3-14(10-13)21-5-7-22(8-6-21)16(24)11-23-12-20-17-15(18(23)25)4-9-26-17/h1-4,9-10,12H,5-8,11H2. The Morgan fingerprint density at radius 1 is 1.19 bits per heavy atom. The van der Waals surface area contributed by atoms with Gasteiger partial charge in [-0.2, -0.15) is 0 Å². The van der Waals surface area contributed by atoms with E-state index < -0.39 is 0 Å². The molecule has 0 spiro atoms. The summed E-state index contributed by atoms with van der Waals surface area (Å²) in [5, 5.41) is 3.10. The van der Waals surface area contributed by atoms with Crippen molar-refractivity contribution in [3.63, 3.8) is 0 Å². The Balaban J connectivity index is 1.42. The second-order valence-corrected chi connectivity index (χ2v) is 7.50. The number of fused-ring (bicyclic) bond motifs is 1. The highest BCUT2D eigenvalue weighted by Gasteiger charge is 2.22. The Labute approximate surface area is 159 Å². The number of aromatic nitrogens is 2. The van der Waals surface area contributed by atoms with Crippen LogP contribution >= 0.6 is 22.9 Å². The van der Waals surface area contributed by atoms with Crippen molar-refractivity contribution in [2.24, 2.45) is 0 Å². The minimum atomic E-state index is -0.165. The third-order valence-corrected chi connectivity index (χ3v) is 5.62. The second kappa shape index (κ2) is 7.09. The van der Waals surface area contributed by atoms with Crippen LogP contribution in [0.2, 0.25) is 5.02 Å². The molecule has 134 valence electrons. The van der Waals surface area contributed by atoms with Gasteiger partial charge in [-0.05, 0) is 29.6 Å². The number of amides is 1. The Morgan fingerprint density at radius 3 is 2.77 bits per heavy atom. The molecule has 4 rings (SSSR count). The van der Waals surface area contributed by atoms with E-state index in [1.165, 1.54) is 22.2 Å². The first-order valence-electron chi connectivity index (χ1n) is 8.33. The zero-order chi connectivity index (χ0) is 18.1. The van der Waals surface area contributed by atoms with Crippen molar-refractivity contribution < 1.29 is 4.79 Å². The SMILES string of the molecule is O=C(Cn1cnc2sccc2c1=O)N1CCN(c2cccc(Cl)c2)CC1. The zero-order valence-corrected chi connectivity index (χ0v) is 15.5. The topological polar surface area (TPSA) is 58.4 Å². The van der Waals surface area contributed by atoms with E-state index in [2.05, 4.69) is 9.88 Å². The fourth-order valence-electron chi connectivity index (χ4n) is 3.14. The van der Waals surface area contributed by atoms with Crippen molar-refractivity contribution in [3.8, 4) is 0 Å². The first-order valence-corrected chi connectivity index (χ1v) is 9.58. The normalized spacial score (nSPS) is 14.8. The monoisotopic (exact) mass is 388 g/mol. The molecule has 2 aromatic heterocycles. The van der Waals surface area contributed by atoms with E-state index in [0.717, 1.165) is 18.8 Å². The smallest absolute Gasteiger partial charge is 0.262 e. The summed E-state index contributed by atoms with van der Waals surface area (Å²) in [4.78, 5) is 34.0. The van der Waals surface area contributed by atoms with Crippen LogP contribution in [0.25, 0.3) is 10.2 Å².